The fraction of sp³-hybridized carbons (Fsp3) is 0.464. The number of benzene rings is 2. The number of ether oxygens (including phenoxy) is 1. The zero-order valence-electron chi connectivity index (χ0n) is 23.0. The summed E-state index contributed by atoms with van der Waals surface area (Å²) in [6, 6.07) is 14.5. The summed E-state index contributed by atoms with van der Waals surface area (Å²) in [5, 5.41) is 4.12. The Kier molecular flexibility index (Phi) is 8.91. The topological polar surface area (TPSA) is 134 Å². The van der Waals surface area contributed by atoms with Crippen LogP contribution >= 0.6 is 0 Å². The molecule has 0 radical (unpaired) electrons. The molecule has 210 valence electrons. The van der Waals surface area contributed by atoms with Gasteiger partial charge in [-0.25, -0.2) is 28.3 Å². The molecule has 1 aliphatic carbocycles. The number of carbonyl (C=O) groups excluding carboxylic acids is 1. The third kappa shape index (κ3) is 8.27. The third-order valence-electron chi connectivity index (χ3n) is 6.69. The minimum atomic E-state index is -3.50. The molecule has 11 heteroatoms. The summed E-state index contributed by atoms with van der Waals surface area (Å²) < 4.78 is 33.3. The summed E-state index contributed by atoms with van der Waals surface area (Å²) in [6.45, 7) is 8.48. The number of hydrogen-bond donors (Lipinski definition) is 4. The van der Waals surface area contributed by atoms with Crippen molar-refractivity contribution in [1.29, 1.82) is 0 Å². The average molecular weight is 555 g/mol. The van der Waals surface area contributed by atoms with Gasteiger partial charge in [0, 0.05) is 18.5 Å². The van der Waals surface area contributed by atoms with Crippen LogP contribution in [0.2, 0.25) is 0 Å². The summed E-state index contributed by atoms with van der Waals surface area (Å²) in [7, 11) is -3.50. The molecule has 0 unspecified atom stereocenters. The van der Waals surface area contributed by atoms with Gasteiger partial charge in [-0.05, 0) is 89.5 Å². The monoisotopic (exact) mass is 554 g/mol. The van der Waals surface area contributed by atoms with Gasteiger partial charge in [0.15, 0.2) is 5.82 Å². The number of anilines is 2. The molecule has 39 heavy (non-hydrogen) atoms. The van der Waals surface area contributed by atoms with E-state index >= 15 is 0 Å². The fourth-order valence-corrected chi connectivity index (χ4v) is 5.68. The molecule has 1 fully saturated rings. The van der Waals surface area contributed by atoms with E-state index in [1.54, 1.807) is 32.9 Å². The number of amides is 1. The molecule has 4 N–H and O–H groups in total. The molecule has 1 saturated carbocycles. The molecule has 10 nitrogen and oxygen atoms in total. The van der Waals surface area contributed by atoms with Crippen LogP contribution in [-0.4, -0.2) is 43.2 Å². The van der Waals surface area contributed by atoms with Crippen LogP contribution in [0.15, 0.2) is 53.4 Å². The maximum absolute atomic E-state index is 12.6. The number of hydrazine groups is 1. The van der Waals surface area contributed by atoms with Crippen LogP contribution in [0.5, 0.6) is 0 Å². The number of hydrogen-bond acceptors (Lipinski definition) is 8. The normalized spacial score (nSPS) is 17.9. The smallest absolute Gasteiger partial charge is 0.426 e. The predicted molar refractivity (Wildman–Crippen MR) is 153 cm³/mol. The van der Waals surface area contributed by atoms with Gasteiger partial charge in [0.2, 0.25) is 16.0 Å². The summed E-state index contributed by atoms with van der Waals surface area (Å²) in [6.07, 6.45) is 3.28. The van der Waals surface area contributed by atoms with Crippen LogP contribution in [0, 0.1) is 18.8 Å². The van der Waals surface area contributed by atoms with Crippen LogP contribution in [0.3, 0.4) is 0 Å². The van der Waals surface area contributed by atoms with Crippen LogP contribution < -0.4 is 20.9 Å². The Hall–Kier alpha value is -3.44. The van der Waals surface area contributed by atoms with Gasteiger partial charge in [0.05, 0.1) is 10.4 Å². The highest BCUT2D eigenvalue weighted by molar-refractivity contribution is 7.89. The van der Waals surface area contributed by atoms with Crippen LogP contribution in [0.1, 0.15) is 52.0 Å². The van der Waals surface area contributed by atoms with E-state index in [0.29, 0.717) is 41.6 Å². The second-order valence-corrected chi connectivity index (χ2v) is 12.9. The van der Waals surface area contributed by atoms with Gasteiger partial charge in [0.25, 0.3) is 0 Å². The Morgan fingerprint density at radius 3 is 2.26 bits per heavy atom. The molecule has 4 rings (SSSR count). The van der Waals surface area contributed by atoms with Gasteiger partial charge < -0.3 is 10.1 Å². The van der Waals surface area contributed by atoms with E-state index in [9.17, 15) is 13.2 Å². The first kappa shape index (κ1) is 28.6. The molecule has 0 spiro atoms. The number of fused-ring (bicyclic) bond motifs is 1. The second kappa shape index (κ2) is 12.2. The van der Waals surface area contributed by atoms with Crippen LogP contribution in [0.25, 0.3) is 10.9 Å². The molecule has 2 aromatic carbocycles. The van der Waals surface area contributed by atoms with Crippen molar-refractivity contribution in [1.82, 2.24) is 20.1 Å². The number of sulfonamides is 1. The van der Waals surface area contributed by atoms with Gasteiger partial charge in [-0.15, -0.1) is 0 Å². The van der Waals surface area contributed by atoms with Gasteiger partial charge in [0.1, 0.15) is 5.60 Å². The minimum absolute atomic E-state index is 0.302. The highest BCUT2D eigenvalue weighted by atomic mass is 32.2. The second-order valence-electron chi connectivity index (χ2n) is 11.1. The molecule has 1 amide bonds. The molecule has 1 heterocycles. The molecule has 1 aromatic heterocycles. The standard InChI is InChI=1S/C28H38N6O4S/c1-19-9-15-22(16-10-19)39(36,37)30-18-21-13-11-20(12-14-21)17-29-26-31-24-8-6-5-7-23(24)25(32-26)33-34-27(35)38-28(2,3)4/h5-10,15-16,20-21,30H,11-14,17-18H2,1-4H3,(H,34,35)(H2,29,31,32,33). The lowest BCUT2D eigenvalue weighted by atomic mass is 9.82. The van der Waals surface area contributed by atoms with Gasteiger partial charge >= 0.3 is 6.09 Å². The molecule has 3 aromatic rings. The summed E-state index contributed by atoms with van der Waals surface area (Å²) in [5.74, 6) is 1.68. The SMILES string of the molecule is Cc1ccc(S(=O)(=O)NCC2CCC(CNc3nc(NNC(=O)OC(C)(C)C)c4ccccc4n3)CC2)cc1. The van der Waals surface area contributed by atoms with E-state index in [-0.39, 0.29) is 0 Å². The van der Waals surface area contributed by atoms with Crippen molar-refractivity contribution in [2.24, 2.45) is 11.8 Å². The average Bonchev–Trinajstić information content (AvgIpc) is 2.89. The van der Waals surface area contributed by atoms with Crippen molar-refractivity contribution < 1.29 is 17.9 Å². The Bertz CT molecular complexity index is 1380. The minimum Gasteiger partial charge on any atom is -0.443 e. The zero-order valence-corrected chi connectivity index (χ0v) is 23.8. The van der Waals surface area contributed by atoms with E-state index in [4.69, 9.17) is 4.74 Å². The number of carbonyl (C=O) groups is 1. The molecule has 0 atom stereocenters. The lowest BCUT2D eigenvalue weighted by molar-refractivity contribution is 0.0541. The van der Waals surface area contributed by atoms with E-state index in [2.05, 4.69) is 30.9 Å². The van der Waals surface area contributed by atoms with Gasteiger partial charge in [-0.1, -0.05) is 29.8 Å². The van der Waals surface area contributed by atoms with Crippen LogP contribution in [0.4, 0.5) is 16.6 Å². The maximum Gasteiger partial charge on any atom is 0.426 e. The van der Waals surface area contributed by atoms with Crippen molar-refractivity contribution >= 4 is 38.8 Å². The number of para-hydroxylation sites is 1. The van der Waals surface area contributed by atoms with Crippen LogP contribution in [-0.2, 0) is 14.8 Å². The van der Waals surface area contributed by atoms with Crippen molar-refractivity contribution in [3.8, 4) is 0 Å². The number of aromatic nitrogens is 2. The maximum atomic E-state index is 12.6. The molecular formula is C28H38N6O4S. The summed E-state index contributed by atoms with van der Waals surface area (Å²) in [5.41, 5.74) is 6.56. The lowest BCUT2D eigenvalue weighted by Crippen LogP contribution is -2.36. The Balaban J connectivity index is 1.29. The van der Waals surface area contributed by atoms with Crippen molar-refractivity contribution in [3.05, 3.63) is 54.1 Å². The number of nitrogens with one attached hydrogen (secondary N) is 4. The van der Waals surface area contributed by atoms with Crippen molar-refractivity contribution in [2.45, 2.75) is 63.9 Å². The van der Waals surface area contributed by atoms with E-state index < -0.39 is 21.7 Å². The lowest BCUT2D eigenvalue weighted by Gasteiger charge is -2.28. The largest absolute Gasteiger partial charge is 0.443 e. The quantitative estimate of drug-likeness (QED) is 0.272. The highest BCUT2D eigenvalue weighted by Crippen LogP contribution is 2.29. The number of aryl methyl sites for hydroxylation is 1. The van der Waals surface area contributed by atoms with E-state index in [1.807, 2.05) is 43.3 Å². The van der Waals surface area contributed by atoms with E-state index in [0.717, 1.165) is 42.1 Å². The number of nitrogens with zero attached hydrogens (tertiary/aromatic N) is 2. The first-order valence-corrected chi connectivity index (χ1v) is 14.8. The Morgan fingerprint density at radius 2 is 1.59 bits per heavy atom. The third-order valence-corrected chi connectivity index (χ3v) is 8.13. The van der Waals surface area contributed by atoms with Crippen molar-refractivity contribution in [2.75, 3.05) is 23.8 Å². The highest BCUT2D eigenvalue weighted by Gasteiger charge is 2.24. The van der Waals surface area contributed by atoms with Gasteiger partial charge in [-0.2, -0.15) is 4.98 Å². The Labute approximate surface area is 230 Å². The molecule has 1 aliphatic rings. The summed E-state index contributed by atoms with van der Waals surface area (Å²) >= 11 is 0. The summed E-state index contributed by atoms with van der Waals surface area (Å²) in [4.78, 5) is 21.6. The molecular weight excluding hydrogens is 516 g/mol. The van der Waals surface area contributed by atoms with Gasteiger partial charge in [-0.3, -0.25) is 5.43 Å². The zero-order chi connectivity index (χ0) is 28.0. The first-order chi connectivity index (χ1) is 18.5. The molecule has 0 bridgehead atoms. The fourth-order valence-electron chi connectivity index (χ4n) is 4.57. The first-order valence-electron chi connectivity index (χ1n) is 13.3. The van der Waals surface area contributed by atoms with Crippen molar-refractivity contribution in [3.63, 3.8) is 0 Å². The number of rotatable bonds is 9. The van der Waals surface area contributed by atoms with E-state index in [1.165, 1.54) is 0 Å². The Morgan fingerprint density at radius 1 is 0.949 bits per heavy atom. The molecule has 0 aliphatic heterocycles. The molecule has 0 saturated heterocycles. The predicted octanol–water partition coefficient (Wildman–Crippen LogP) is 4.99.